The number of esters is 2. The fourth-order valence-electron chi connectivity index (χ4n) is 5.96. The Kier molecular flexibility index (Phi) is 13.2. The highest BCUT2D eigenvalue weighted by atomic mass is 79.9. The molecule has 0 aromatic heterocycles. The first kappa shape index (κ1) is 39.0. The van der Waals surface area contributed by atoms with E-state index < -0.39 is 54.8 Å². The zero-order chi connectivity index (χ0) is 36.5. The molecule has 0 radical (unpaired) electrons. The van der Waals surface area contributed by atoms with Crippen LogP contribution in [0, 0.1) is 17.6 Å². The van der Waals surface area contributed by atoms with Gasteiger partial charge in [0.25, 0.3) is 0 Å². The Morgan fingerprint density at radius 1 is 0.960 bits per heavy atom. The first-order valence-corrected chi connectivity index (χ1v) is 18.5. The van der Waals surface area contributed by atoms with Crippen molar-refractivity contribution < 1.29 is 54.2 Å². The largest absolute Gasteiger partial charge is 0.493 e. The van der Waals surface area contributed by atoms with Gasteiger partial charge in [0, 0.05) is 23.4 Å². The van der Waals surface area contributed by atoms with Crippen molar-refractivity contribution in [3.05, 3.63) is 95.1 Å². The molecule has 1 fully saturated rings. The topological polar surface area (TPSA) is 96.0 Å². The van der Waals surface area contributed by atoms with Gasteiger partial charge in [-0.05, 0) is 117 Å². The average Bonchev–Trinajstić information content (AvgIpc) is 3.09. The Morgan fingerprint density at radius 3 is 2.30 bits per heavy atom. The quantitative estimate of drug-likeness (QED) is 0.0402. The summed E-state index contributed by atoms with van der Waals surface area (Å²) in [6.45, 7) is 0.308. The lowest BCUT2D eigenvalue weighted by Gasteiger charge is -2.40. The van der Waals surface area contributed by atoms with E-state index in [-0.39, 0.29) is 55.1 Å². The molecule has 4 rings (SSSR count). The van der Waals surface area contributed by atoms with Gasteiger partial charge in [0.2, 0.25) is 0 Å². The van der Waals surface area contributed by atoms with Gasteiger partial charge >= 0.3 is 18.1 Å². The molecule has 14 heteroatoms. The van der Waals surface area contributed by atoms with Gasteiger partial charge < -0.3 is 14.2 Å². The smallest absolute Gasteiger partial charge is 0.416 e. The number of carbonyl (C=O) groups is 2. The Hall–Kier alpha value is -3.78. The van der Waals surface area contributed by atoms with Crippen molar-refractivity contribution in [2.24, 2.45) is 5.92 Å². The molecule has 0 aliphatic heterocycles. The van der Waals surface area contributed by atoms with Crippen molar-refractivity contribution in [2.45, 2.75) is 67.2 Å². The summed E-state index contributed by atoms with van der Waals surface area (Å²) in [6, 6.07) is 10.2. The molecular weight excluding hydrogens is 751 g/mol. The molecule has 1 saturated carbocycles. The molecule has 0 heterocycles. The van der Waals surface area contributed by atoms with E-state index in [2.05, 4.69) is 15.9 Å². The zero-order valence-electron chi connectivity index (χ0n) is 27.1. The van der Waals surface area contributed by atoms with Gasteiger partial charge in [0.05, 0.1) is 24.2 Å². The number of hydrogen-bond acceptors (Lipinski definition) is 7. The van der Waals surface area contributed by atoms with Crippen LogP contribution in [-0.2, 0) is 35.1 Å². The number of alkyl halides is 4. The molecule has 1 aliphatic rings. The third-order valence-electron chi connectivity index (χ3n) is 8.69. The maximum atomic E-state index is 15.2. The summed E-state index contributed by atoms with van der Waals surface area (Å²) in [6.07, 6.45) is 0.151. The summed E-state index contributed by atoms with van der Waals surface area (Å²) in [4.78, 5) is 24.3. The number of rotatable bonds is 14. The molecule has 1 aliphatic carbocycles. The molecule has 50 heavy (non-hydrogen) atoms. The summed E-state index contributed by atoms with van der Waals surface area (Å²) >= 11 is 3.31. The van der Waals surface area contributed by atoms with E-state index >= 15 is 4.39 Å². The number of hydrogen-bond donors (Lipinski definition) is 0. The highest BCUT2D eigenvalue weighted by Crippen LogP contribution is 2.50. The molecule has 0 saturated heterocycles. The normalized spacial score (nSPS) is 18.2. The molecule has 0 amide bonds. The molecule has 0 N–H and O–H groups in total. The number of ether oxygens (including phenoxy) is 3. The second kappa shape index (κ2) is 17.0. The molecule has 0 atom stereocenters. The van der Waals surface area contributed by atoms with Crippen LogP contribution in [0.1, 0.15) is 68.1 Å². The van der Waals surface area contributed by atoms with E-state index in [9.17, 15) is 35.6 Å². The average molecular weight is 788 g/mol. The third-order valence-corrected chi connectivity index (χ3v) is 11.8. The van der Waals surface area contributed by atoms with Crippen LogP contribution >= 0.6 is 15.9 Å². The minimum atomic E-state index is -4.69. The Morgan fingerprint density at radius 2 is 1.66 bits per heavy atom. The Bertz CT molecular complexity index is 1790. The molecular formula is C36H36BrF5O7S. The van der Waals surface area contributed by atoms with E-state index in [1.54, 1.807) is 12.1 Å². The van der Waals surface area contributed by atoms with Crippen LogP contribution in [0.2, 0.25) is 0 Å². The minimum absolute atomic E-state index is 0.0383. The fourth-order valence-corrected chi connectivity index (χ4v) is 8.52. The number of halogens is 6. The van der Waals surface area contributed by atoms with Gasteiger partial charge in [-0.25, -0.2) is 22.0 Å². The summed E-state index contributed by atoms with van der Waals surface area (Å²) in [7, 11) is -3.12. The van der Waals surface area contributed by atoms with Crippen LogP contribution in [0.15, 0.2) is 71.6 Å². The molecule has 7 nitrogen and oxygen atoms in total. The predicted octanol–water partition coefficient (Wildman–Crippen LogP) is 8.97. The second-order valence-corrected chi connectivity index (χ2v) is 15.0. The van der Waals surface area contributed by atoms with Crippen molar-refractivity contribution in [1.82, 2.24) is 0 Å². The lowest BCUT2D eigenvalue weighted by atomic mass is 9.76. The number of methoxy groups -OCH3 is 1. The van der Waals surface area contributed by atoms with Crippen molar-refractivity contribution >= 4 is 43.8 Å². The van der Waals surface area contributed by atoms with Crippen LogP contribution in [-0.4, -0.2) is 39.4 Å². The van der Waals surface area contributed by atoms with E-state index in [4.69, 9.17) is 14.2 Å². The molecule has 0 spiro atoms. The Balaban J connectivity index is 1.42. The molecule has 3 aromatic rings. The highest BCUT2D eigenvalue weighted by Gasteiger charge is 2.50. The zero-order valence-corrected chi connectivity index (χ0v) is 29.5. The van der Waals surface area contributed by atoms with E-state index in [1.165, 1.54) is 25.3 Å². The van der Waals surface area contributed by atoms with E-state index in [0.717, 1.165) is 48.5 Å². The van der Waals surface area contributed by atoms with Crippen molar-refractivity contribution in [1.29, 1.82) is 0 Å². The minimum Gasteiger partial charge on any atom is -0.493 e. The van der Waals surface area contributed by atoms with Crippen molar-refractivity contribution in [3.8, 4) is 11.5 Å². The summed E-state index contributed by atoms with van der Waals surface area (Å²) < 4.78 is 111. The van der Waals surface area contributed by atoms with Crippen LogP contribution in [0.4, 0.5) is 22.0 Å². The molecule has 0 unspecified atom stereocenters. The van der Waals surface area contributed by atoms with Crippen LogP contribution < -0.4 is 9.47 Å². The monoisotopic (exact) mass is 786 g/mol. The van der Waals surface area contributed by atoms with Gasteiger partial charge in [-0.1, -0.05) is 22.0 Å². The summed E-state index contributed by atoms with van der Waals surface area (Å²) in [5.41, 5.74) is -0.828. The maximum absolute atomic E-state index is 15.2. The predicted molar refractivity (Wildman–Crippen MR) is 180 cm³/mol. The lowest BCUT2D eigenvalue weighted by Crippen LogP contribution is -2.40. The van der Waals surface area contributed by atoms with Gasteiger partial charge in [0.1, 0.15) is 16.4 Å². The van der Waals surface area contributed by atoms with E-state index in [0.29, 0.717) is 30.7 Å². The van der Waals surface area contributed by atoms with Crippen LogP contribution in [0.5, 0.6) is 11.5 Å². The number of benzene rings is 3. The van der Waals surface area contributed by atoms with Gasteiger partial charge in [-0.2, -0.15) is 13.2 Å². The Labute approximate surface area is 295 Å². The van der Waals surface area contributed by atoms with Gasteiger partial charge in [-0.3, -0.25) is 4.79 Å². The van der Waals surface area contributed by atoms with E-state index in [1.807, 2.05) is 0 Å². The molecule has 270 valence electrons. The number of carbonyl (C=O) groups excluding carboxylic acids is 2. The summed E-state index contributed by atoms with van der Waals surface area (Å²) in [5, 5.41) is 0.822. The van der Waals surface area contributed by atoms with Gasteiger partial charge in [0.15, 0.2) is 21.3 Å². The first-order valence-electron chi connectivity index (χ1n) is 15.9. The lowest BCUT2D eigenvalue weighted by molar-refractivity contribution is -0.138. The second-order valence-electron chi connectivity index (χ2n) is 11.9. The number of unbranched alkanes of at least 4 members (excludes halogenated alkanes) is 1. The van der Waals surface area contributed by atoms with Gasteiger partial charge in [-0.15, -0.1) is 0 Å². The standard InChI is InChI=1S/C36H36BrF5O7S/c1-47-32-22-25(6-14-33(43)48-21-3-2-20-37)4-13-31(32)49-34(44)15-5-24-16-18-35(19-17-24,29-23-27(38)9-12-30(29)39)50(45,46)28-10-7-26(8-11-28)36(40,41)42/h4,6-14,22-24H,2-3,5,15-21H2,1H3/b14-6+. The van der Waals surface area contributed by atoms with Crippen molar-refractivity contribution in [3.63, 3.8) is 0 Å². The number of sulfone groups is 1. The van der Waals surface area contributed by atoms with Crippen LogP contribution in [0.3, 0.4) is 0 Å². The first-order chi connectivity index (χ1) is 23.7. The highest BCUT2D eigenvalue weighted by molar-refractivity contribution is 9.09. The fraction of sp³-hybridized carbons (Fsp3) is 0.389. The van der Waals surface area contributed by atoms with Crippen molar-refractivity contribution in [2.75, 3.05) is 19.0 Å². The SMILES string of the molecule is COc1cc(/C=C/C(=O)OCCCCBr)ccc1OC(=O)CCC1CCC(c2cc(F)ccc2F)(S(=O)(=O)c2ccc(C(F)(F)F)cc2)CC1. The molecule has 0 bridgehead atoms. The maximum Gasteiger partial charge on any atom is 0.416 e. The van der Waals surface area contributed by atoms with Crippen LogP contribution in [0.25, 0.3) is 6.08 Å². The molecule has 3 aromatic carbocycles. The third kappa shape index (κ3) is 9.51. The summed E-state index contributed by atoms with van der Waals surface area (Å²) in [5.74, 6) is -2.65.